The second-order valence-corrected chi connectivity index (χ2v) is 7.48. The van der Waals surface area contributed by atoms with Gasteiger partial charge in [0, 0.05) is 18.4 Å². The highest BCUT2D eigenvalue weighted by atomic mass is 32.2. The third-order valence-electron chi connectivity index (χ3n) is 3.78. The molecule has 3 nitrogen and oxygen atoms in total. The first-order valence-corrected chi connectivity index (χ1v) is 8.42. The summed E-state index contributed by atoms with van der Waals surface area (Å²) in [5, 5.41) is 8.52. The molecule has 0 fully saturated rings. The van der Waals surface area contributed by atoms with Gasteiger partial charge in [-0.15, -0.1) is 22.0 Å². The summed E-state index contributed by atoms with van der Waals surface area (Å²) in [7, 11) is 2.05. The average Bonchev–Trinajstić information content (AvgIpc) is 2.77. The van der Waals surface area contributed by atoms with Gasteiger partial charge in [-0.3, -0.25) is 0 Å². The highest BCUT2D eigenvalue weighted by Crippen LogP contribution is 2.31. The SMILES string of the molecule is CCc1nnc(CSc2cc(C(C)(C)C)ccc2C)n1C. The molecule has 0 unspecified atom stereocenters. The molecule has 0 aliphatic rings. The molecule has 0 saturated carbocycles. The highest BCUT2D eigenvalue weighted by Gasteiger charge is 2.15. The first-order chi connectivity index (χ1) is 9.82. The zero-order chi connectivity index (χ0) is 15.6. The van der Waals surface area contributed by atoms with Gasteiger partial charge in [-0.05, 0) is 29.5 Å². The second-order valence-electron chi connectivity index (χ2n) is 6.46. The molecule has 1 aromatic carbocycles. The molecule has 0 bridgehead atoms. The Morgan fingerprint density at radius 2 is 1.81 bits per heavy atom. The van der Waals surface area contributed by atoms with E-state index in [2.05, 4.69) is 67.6 Å². The van der Waals surface area contributed by atoms with E-state index in [9.17, 15) is 0 Å². The van der Waals surface area contributed by atoms with Crippen molar-refractivity contribution in [2.24, 2.45) is 7.05 Å². The van der Waals surface area contributed by atoms with Crippen LogP contribution < -0.4 is 0 Å². The predicted octanol–water partition coefficient (Wildman–Crippen LogP) is 4.28. The summed E-state index contributed by atoms with van der Waals surface area (Å²) in [5.74, 6) is 2.95. The topological polar surface area (TPSA) is 30.7 Å². The van der Waals surface area contributed by atoms with Crippen LogP contribution in [-0.4, -0.2) is 14.8 Å². The molecule has 1 aromatic heterocycles. The van der Waals surface area contributed by atoms with Crippen molar-refractivity contribution in [3.8, 4) is 0 Å². The Labute approximate surface area is 132 Å². The molecular formula is C17H25N3S. The minimum absolute atomic E-state index is 0.184. The maximum absolute atomic E-state index is 4.29. The van der Waals surface area contributed by atoms with Gasteiger partial charge in [-0.25, -0.2) is 0 Å². The van der Waals surface area contributed by atoms with E-state index in [0.717, 1.165) is 23.8 Å². The van der Waals surface area contributed by atoms with E-state index >= 15 is 0 Å². The molecule has 0 radical (unpaired) electrons. The number of benzene rings is 1. The zero-order valence-corrected chi connectivity index (χ0v) is 14.7. The summed E-state index contributed by atoms with van der Waals surface area (Å²) in [5.41, 5.74) is 2.89. The van der Waals surface area contributed by atoms with Crippen LogP contribution in [0.5, 0.6) is 0 Å². The Morgan fingerprint density at radius 1 is 1.14 bits per heavy atom. The number of aryl methyl sites for hydroxylation is 2. The van der Waals surface area contributed by atoms with Crippen LogP contribution in [0.4, 0.5) is 0 Å². The smallest absolute Gasteiger partial charge is 0.143 e. The monoisotopic (exact) mass is 303 g/mol. The third-order valence-corrected chi connectivity index (χ3v) is 4.94. The zero-order valence-electron chi connectivity index (χ0n) is 13.9. The second kappa shape index (κ2) is 6.22. The first-order valence-electron chi connectivity index (χ1n) is 7.44. The van der Waals surface area contributed by atoms with E-state index in [0.29, 0.717) is 0 Å². The fourth-order valence-electron chi connectivity index (χ4n) is 2.20. The van der Waals surface area contributed by atoms with Crippen molar-refractivity contribution in [2.45, 2.75) is 57.1 Å². The van der Waals surface area contributed by atoms with Gasteiger partial charge in [0.05, 0.1) is 5.75 Å². The van der Waals surface area contributed by atoms with Gasteiger partial charge in [-0.1, -0.05) is 39.8 Å². The van der Waals surface area contributed by atoms with Gasteiger partial charge in [0.15, 0.2) is 0 Å². The summed E-state index contributed by atoms with van der Waals surface area (Å²) in [4.78, 5) is 1.34. The quantitative estimate of drug-likeness (QED) is 0.790. The molecule has 0 saturated heterocycles. The van der Waals surface area contributed by atoms with Gasteiger partial charge in [0.25, 0.3) is 0 Å². The summed E-state index contributed by atoms with van der Waals surface area (Å²) in [6.45, 7) is 11.0. The van der Waals surface area contributed by atoms with Crippen molar-refractivity contribution in [3.05, 3.63) is 41.0 Å². The van der Waals surface area contributed by atoms with Crippen LogP contribution in [0.2, 0.25) is 0 Å². The lowest BCUT2D eigenvalue weighted by atomic mass is 9.87. The number of aromatic nitrogens is 3. The summed E-state index contributed by atoms with van der Waals surface area (Å²) in [6.07, 6.45) is 0.923. The Morgan fingerprint density at radius 3 is 2.38 bits per heavy atom. The minimum Gasteiger partial charge on any atom is -0.317 e. The molecule has 0 N–H and O–H groups in total. The highest BCUT2D eigenvalue weighted by molar-refractivity contribution is 7.98. The number of rotatable bonds is 4. The van der Waals surface area contributed by atoms with E-state index in [1.165, 1.54) is 16.0 Å². The fourth-order valence-corrected chi connectivity index (χ4v) is 3.24. The van der Waals surface area contributed by atoms with Gasteiger partial charge in [0.1, 0.15) is 11.6 Å². The molecule has 0 aliphatic carbocycles. The lowest BCUT2D eigenvalue weighted by molar-refractivity contribution is 0.588. The van der Waals surface area contributed by atoms with Crippen LogP contribution >= 0.6 is 11.8 Å². The number of hydrogen-bond donors (Lipinski definition) is 0. The first kappa shape index (κ1) is 16.1. The number of hydrogen-bond acceptors (Lipinski definition) is 3. The van der Waals surface area contributed by atoms with Crippen molar-refractivity contribution in [2.75, 3.05) is 0 Å². The maximum atomic E-state index is 4.29. The summed E-state index contributed by atoms with van der Waals surface area (Å²) in [6, 6.07) is 6.77. The Kier molecular flexibility index (Phi) is 4.77. The Hall–Kier alpha value is -1.29. The van der Waals surface area contributed by atoms with E-state index in [1.54, 1.807) is 0 Å². The van der Waals surface area contributed by atoms with Crippen LogP contribution in [0.3, 0.4) is 0 Å². The van der Waals surface area contributed by atoms with Gasteiger partial charge >= 0.3 is 0 Å². The van der Waals surface area contributed by atoms with E-state index < -0.39 is 0 Å². The van der Waals surface area contributed by atoms with E-state index in [-0.39, 0.29) is 5.41 Å². The normalized spacial score (nSPS) is 11.9. The molecule has 0 amide bonds. The van der Waals surface area contributed by atoms with Crippen molar-refractivity contribution in [1.29, 1.82) is 0 Å². The van der Waals surface area contributed by atoms with Crippen molar-refractivity contribution in [1.82, 2.24) is 14.8 Å². The van der Waals surface area contributed by atoms with Crippen molar-refractivity contribution in [3.63, 3.8) is 0 Å². The van der Waals surface area contributed by atoms with Gasteiger partial charge < -0.3 is 4.57 Å². The average molecular weight is 303 g/mol. The lowest BCUT2D eigenvalue weighted by Gasteiger charge is -2.20. The third kappa shape index (κ3) is 3.67. The van der Waals surface area contributed by atoms with Gasteiger partial charge in [0.2, 0.25) is 0 Å². The largest absolute Gasteiger partial charge is 0.317 e. The molecule has 0 spiro atoms. The summed E-state index contributed by atoms with van der Waals surface area (Å²) < 4.78 is 2.11. The molecule has 2 aromatic rings. The molecule has 2 rings (SSSR count). The maximum Gasteiger partial charge on any atom is 0.143 e. The predicted molar refractivity (Wildman–Crippen MR) is 89.8 cm³/mol. The van der Waals surface area contributed by atoms with E-state index in [1.807, 2.05) is 18.8 Å². The number of nitrogens with zero attached hydrogens (tertiary/aromatic N) is 3. The lowest BCUT2D eigenvalue weighted by Crippen LogP contribution is -2.11. The van der Waals surface area contributed by atoms with E-state index in [4.69, 9.17) is 0 Å². The fraction of sp³-hybridized carbons (Fsp3) is 0.529. The molecule has 21 heavy (non-hydrogen) atoms. The van der Waals surface area contributed by atoms with Gasteiger partial charge in [-0.2, -0.15) is 0 Å². The number of thioether (sulfide) groups is 1. The molecule has 114 valence electrons. The molecule has 0 aliphatic heterocycles. The van der Waals surface area contributed by atoms with Crippen molar-refractivity contribution >= 4 is 11.8 Å². The molecule has 1 heterocycles. The van der Waals surface area contributed by atoms with Crippen LogP contribution in [0.15, 0.2) is 23.1 Å². The summed E-state index contributed by atoms with van der Waals surface area (Å²) >= 11 is 1.85. The Bertz CT molecular complexity index is 623. The Balaban J connectivity index is 2.17. The van der Waals surface area contributed by atoms with Crippen LogP contribution in [0.1, 0.15) is 50.5 Å². The molecule has 4 heteroatoms. The molecule has 0 atom stereocenters. The molecular weight excluding hydrogens is 278 g/mol. The van der Waals surface area contributed by atoms with Crippen molar-refractivity contribution < 1.29 is 0 Å². The van der Waals surface area contributed by atoms with Crippen LogP contribution in [-0.2, 0) is 24.6 Å². The van der Waals surface area contributed by atoms with Crippen LogP contribution in [0.25, 0.3) is 0 Å². The van der Waals surface area contributed by atoms with Crippen LogP contribution in [0, 0.1) is 6.92 Å². The minimum atomic E-state index is 0.184. The standard InChI is InChI=1S/C17H25N3S/c1-7-15-18-19-16(20(15)6)11-21-14-10-13(17(3,4)5)9-8-12(14)2/h8-10H,7,11H2,1-6H3.